The fraction of sp³-hybridized carbons (Fsp3) is 0.364. The maximum absolute atomic E-state index is 14.3. The van der Waals surface area contributed by atoms with Crippen molar-refractivity contribution in [1.29, 1.82) is 5.26 Å². The number of likely N-dealkylation sites (tertiary alicyclic amines) is 2. The number of ether oxygens (including phenoxy) is 1. The Morgan fingerprint density at radius 1 is 1.17 bits per heavy atom. The summed E-state index contributed by atoms with van der Waals surface area (Å²) >= 11 is 0. The Hall–Kier alpha value is -2.62. The molecule has 0 unspecified atom stereocenters. The molecule has 0 N–H and O–H groups in total. The van der Waals surface area contributed by atoms with Gasteiger partial charge in [0, 0.05) is 31.6 Å². The molecule has 2 aromatic carbocycles. The Morgan fingerprint density at radius 2 is 1.90 bits per heavy atom. The third-order valence-corrected chi connectivity index (χ3v) is 5.97. The zero-order chi connectivity index (χ0) is 19.8. The second-order valence-corrected chi connectivity index (χ2v) is 7.60. The Balaban J connectivity index is 0.00000240. The van der Waals surface area contributed by atoms with Crippen molar-refractivity contribution in [2.24, 2.45) is 11.8 Å². The maximum Gasteiger partial charge on any atom is 0.256 e. The molecule has 2 aromatic rings. The number of benzene rings is 2. The number of amides is 1. The number of hydrogen-bond acceptors (Lipinski definition) is 4. The van der Waals surface area contributed by atoms with Crippen molar-refractivity contribution in [1.82, 2.24) is 9.80 Å². The SMILES string of the molecule is COc1ccc([C@@H]2[C@@H]3CN(C(=O)c4ccc(C#N)cc4F)C[C@@H]3CN2C)cc1.Cl. The average molecular weight is 416 g/mol. The van der Waals surface area contributed by atoms with Crippen molar-refractivity contribution in [2.45, 2.75) is 6.04 Å². The summed E-state index contributed by atoms with van der Waals surface area (Å²) in [5, 5.41) is 8.88. The van der Waals surface area contributed by atoms with Crippen LogP contribution in [-0.2, 0) is 0 Å². The normalized spacial score (nSPS) is 23.2. The number of carbonyl (C=O) groups excluding carboxylic acids is 1. The summed E-state index contributed by atoms with van der Waals surface area (Å²) < 4.78 is 19.5. The van der Waals surface area contributed by atoms with Crippen LogP contribution >= 0.6 is 12.4 Å². The van der Waals surface area contributed by atoms with E-state index in [1.807, 2.05) is 18.2 Å². The average Bonchev–Trinajstić information content (AvgIpc) is 3.24. The molecule has 2 aliphatic heterocycles. The number of nitriles is 1. The van der Waals surface area contributed by atoms with Crippen molar-refractivity contribution < 1.29 is 13.9 Å². The second-order valence-electron chi connectivity index (χ2n) is 7.60. The van der Waals surface area contributed by atoms with E-state index in [0.29, 0.717) is 24.9 Å². The minimum absolute atomic E-state index is 0. The second kappa shape index (κ2) is 8.40. The first-order valence-corrected chi connectivity index (χ1v) is 9.35. The van der Waals surface area contributed by atoms with Crippen LogP contribution in [0.2, 0.25) is 0 Å². The highest BCUT2D eigenvalue weighted by Gasteiger charge is 2.47. The van der Waals surface area contributed by atoms with Crippen molar-refractivity contribution in [3.63, 3.8) is 0 Å². The predicted molar refractivity (Wildman–Crippen MR) is 110 cm³/mol. The third kappa shape index (κ3) is 3.81. The fourth-order valence-corrected chi connectivity index (χ4v) is 4.65. The Morgan fingerprint density at radius 3 is 2.52 bits per heavy atom. The van der Waals surface area contributed by atoms with E-state index >= 15 is 0 Å². The monoisotopic (exact) mass is 415 g/mol. The summed E-state index contributed by atoms with van der Waals surface area (Å²) in [6, 6.07) is 14.2. The van der Waals surface area contributed by atoms with Gasteiger partial charge < -0.3 is 9.64 Å². The van der Waals surface area contributed by atoms with E-state index in [4.69, 9.17) is 10.00 Å². The van der Waals surface area contributed by atoms with Gasteiger partial charge in [0.05, 0.1) is 24.3 Å². The minimum atomic E-state index is -0.634. The molecule has 5 nitrogen and oxygen atoms in total. The lowest BCUT2D eigenvalue weighted by Crippen LogP contribution is -2.33. The van der Waals surface area contributed by atoms with E-state index < -0.39 is 5.82 Å². The van der Waals surface area contributed by atoms with Gasteiger partial charge in [0.1, 0.15) is 11.6 Å². The van der Waals surface area contributed by atoms with Gasteiger partial charge in [0.2, 0.25) is 0 Å². The molecule has 0 aliphatic carbocycles. The van der Waals surface area contributed by atoms with E-state index in [0.717, 1.165) is 18.4 Å². The largest absolute Gasteiger partial charge is 0.497 e. The zero-order valence-electron chi connectivity index (χ0n) is 16.3. The predicted octanol–water partition coefficient (Wildman–Crippen LogP) is 3.50. The van der Waals surface area contributed by atoms with Crippen LogP contribution in [0.15, 0.2) is 42.5 Å². The van der Waals surface area contributed by atoms with Gasteiger partial charge in [0.15, 0.2) is 0 Å². The first-order valence-electron chi connectivity index (χ1n) is 9.35. The van der Waals surface area contributed by atoms with Crippen molar-refractivity contribution in [3.05, 3.63) is 65.0 Å². The molecule has 0 saturated carbocycles. The summed E-state index contributed by atoms with van der Waals surface area (Å²) in [6.45, 7) is 2.13. The molecule has 152 valence electrons. The molecular weight excluding hydrogens is 393 g/mol. The van der Waals surface area contributed by atoms with Crippen LogP contribution in [0.4, 0.5) is 4.39 Å². The molecule has 0 spiro atoms. The summed E-state index contributed by atoms with van der Waals surface area (Å²) in [4.78, 5) is 17.0. The van der Waals surface area contributed by atoms with Gasteiger partial charge in [-0.05, 0) is 48.9 Å². The summed E-state index contributed by atoms with van der Waals surface area (Å²) in [5.74, 6) is 0.559. The standard InChI is InChI=1S/C22H22FN3O2.ClH/c1-25-11-16-12-26(22(27)18-8-3-14(10-24)9-20(18)23)13-19(16)21(25)15-4-6-17(28-2)7-5-15;/h3-9,16,19,21H,11-13H2,1-2H3;1H/t16-,19+,21+;/m0./s1. The third-order valence-electron chi connectivity index (χ3n) is 5.97. The molecule has 7 heteroatoms. The molecule has 3 atom stereocenters. The van der Waals surface area contributed by atoms with Gasteiger partial charge in [-0.15, -0.1) is 12.4 Å². The van der Waals surface area contributed by atoms with Crippen LogP contribution < -0.4 is 4.74 Å². The number of rotatable bonds is 3. The lowest BCUT2D eigenvalue weighted by atomic mass is 9.89. The molecule has 2 heterocycles. The van der Waals surface area contributed by atoms with Crippen LogP contribution in [0.25, 0.3) is 0 Å². The maximum atomic E-state index is 14.3. The van der Waals surface area contributed by atoms with E-state index in [-0.39, 0.29) is 35.5 Å². The van der Waals surface area contributed by atoms with Crippen molar-refractivity contribution in [3.8, 4) is 11.8 Å². The molecule has 1 amide bonds. The molecule has 2 aliphatic rings. The van der Waals surface area contributed by atoms with E-state index in [9.17, 15) is 9.18 Å². The van der Waals surface area contributed by atoms with Crippen LogP contribution in [0, 0.1) is 29.0 Å². The summed E-state index contributed by atoms with van der Waals surface area (Å²) in [6.07, 6.45) is 0. The van der Waals surface area contributed by atoms with Crippen LogP contribution in [0.5, 0.6) is 5.75 Å². The van der Waals surface area contributed by atoms with Crippen LogP contribution in [0.1, 0.15) is 27.5 Å². The number of fused-ring (bicyclic) bond motifs is 1. The number of hydrogen-bond donors (Lipinski definition) is 0. The number of halogens is 2. The van der Waals surface area contributed by atoms with E-state index in [1.54, 1.807) is 12.0 Å². The Bertz CT molecular complexity index is 944. The highest BCUT2D eigenvalue weighted by atomic mass is 35.5. The van der Waals surface area contributed by atoms with Gasteiger partial charge in [-0.25, -0.2) is 4.39 Å². The summed E-state index contributed by atoms with van der Waals surface area (Å²) in [5.41, 5.74) is 1.46. The summed E-state index contributed by atoms with van der Waals surface area (Å²) in [7, 11) is 3.76. The number of nitrogens with zero attached hydrogens (tertiary/aromatic N) is 3. The molecule has 4 rings (SSSR count). The molecular formula is C22H23ClFN3O2. The highest BCUT2D eigenvalue weighted by Crippen LogP contribution is 2.44. The van der Waals surface area contributed by atoms with Crippen LogP contribution in [0.3, 0.4) is 0 Å². The number of methoxy groups -OCH3 is 1. The van der Waals surface area contributed by atoms with Crippen LogP contribution in [-0.4, -0.2) is 49.5 Å². The van der Waals surface area contributed by atoms with Crippen molar-refractivity contribution >= 4 is 18.3 Å². The van der Waals surface area contributed by atoms with E-state index in [1.165, 1.54) is 17.7 Å². The van der Waals surface area contributed by atoms with Gasteiger partial charge >= 0.3 is 0 Å². The first kappa shape index (κ1) is 21.1. The van der Waals surface area contributed by atoms with Gasteiger partial charge in [-0.2, -0.15) is 5.26 Å². The van der Waals surface area contributed by atoms with Gasteiger partial charge in [-0.3, -0.25) is 9.69 Å². The topological polar surface area (TPSA) is 56.6 Å². The molecule has 2 fully saturated rings. The zero-order valence-corrected chi connectivity index (χ0v) is 17.2. The van der Waals surface area contributed by atoms with Crippen molar-refractivity contribution in [2.75, 3.05) is 33.8 Å². The Labute approximate surface area is 176 Å². The Kier molecular flexibility index (Phi) is 6.11. The molecule has 2 saturated heterocycles. The van der Waals surface area contributed by atoms with E-state index in [2.05, 4.69) is 24.1 Å². The first-order chi connectivity index (χ1) is 13.5. The molecule has 0 aromatic heterocycles. The smallest absolute Gasteiger partial charge is 0.256 e. The number of carbonyl (C=O) groups is 1. The fourth-order valence-electron chi connectivity index (χ4n) is 4.65. The van der Waals surface area contributed by atoms with Gasteiger partial charge in [0.25, 0.3) is 5.91 Å². The highest BCUT2D eigenvalue weighted by molar-refractivity contribution is 5.94. The lowest BCUT2D eigenvalue weighted by Gasteiger charge is -2.27. The quantitative estimate of drug-likeness (QED) is 0.769. The molecule has 0 bridgehead atoms. The minimum Gasteiger partial charge on any atom is -0.497 e. The molecule has 0 radical (unpaired) electrons. The van der Waals surface area contributed by atoms with Gasteiger partial charge in [-0.1, -0.05) is 12.1 Å². The lowest BCUT2D eigenvalue weighted by molar-refractivity contribution is 0.0763. The molecule has 29 heavy (non-hydrogen) atoms.